The van der Waals surface area contributed by atoms with E-state index < -0.39 is 0 Å². The van der Waals surface area contributed by atoms with Gasteiger partial charge in [0.05, 0.1) is 13.0 Å². The molecule has 1 atom stereocenters. The summed E-state index contributed by atoms with van der Waals surface area (Å²) in [7, 11) is 0. The smallest absolute Gasteiger partial charge is 0.307 e. The summed E-state index contributed by atoms with van der Waals surface area (Å²) in [5.74, 6) is 0.358. The zero-order valence-corrected chi connectivity index (χ0v) is 7.80. The fourth-order valence-corrected chi connectivity index (χ4v) is 1.41. The highest BCUT2D eigenvalue weighted by Gasteiger charge is 2.40. The predicted molar refractivity (Wildman–Crippen MR) is 46.6 cm³/mol. The van der Waals surface area contributed by atoms with Crippen molar-refractivity contribution in [2.75, 3.05) is 6.61 Å². The van der Waals surface area contributed by atoms with Gasteiger partial charge in [0, 0.05) is 5.54 Å². The van der Waals surface area contributed by atoms with Gasteiger partial charge in [0.25, 0.3) is 0 Å². The van der Waals surface area contributed by atoms with Gasteiger partial charge in [-0.25, -0.2) is 0 Å². The number of hydrogen-bond donors (Lipinski definition) is 1. The van der Waals surface area contributed by atoms with Crippen LogP contribution in [0, 0.1) is 5.92 Å². The molecule has 12 heavy (non-hydrogen) atoms. The molecule has 0 aromatic rings. The van der Waals surface area contributed by atoms with E-state index >= 15 is 0 Å². The van der Waals surface area contributed by atoms with E-state index in [1.54, 1.807) is 0 Å². The lowest BCUT2D eigenvalue weighted by molar-refractivity contribution is -0.144. The molecule has 0 saturated heterocycles. The molecule has 1 fully saturated rings. The van der Waals surface area contributed by atoms with Crippen molar-refractivity contribution in [1.82, 2.24) is 0 Å². The largest absolute Gasteiger partial charge is 0.466 e. The minimum atomic E-state index is -0.341. The maximum Gasteiger partial charge on any atom is 0.307 e. The van der Waals surface area contributed by atoms with E-state index in [0.29, 0.717) is 18.9 Å². The molecule has 1 aliphatic rings. The Morgan fingerprint density at radius 1 is 1.67 bits per heavy atom. The molecular formula is C9H17NO2. The Labute approximate surface area is 73.3 Å². The van der Waals surface area contributed by atoms with Crippen LogP contribution in [-0.2, 0) is 9.53 Å². The summed E-state index contributed by atoms with van der Waals surface area (Å²) in [6.45, 7) is 4.18. The van der Waals surface area contributed by atoms with Gasteiger partial charge in [-0.15, -0.1) is 0 Å². The lowest BCUT2D eigenvalue weighted by Crippen LogP contribution is -2.41. The molecule has 0 aliphatic heterocycles. The minimum absolute atomic E-state index is 0.172. The molecular weight excluding hydrogens is 154 g/mol. The second-order valence-corrected chi connectivity index (χ2v) is 3.76. The average molecular weight is 171 g/mol. The molecule has 0 heterocycles. The molecule has 3 heteroatoms. The van der Waals surface area contributed by atoms with Crippen molar-refractivity contribution in [2.24, 2.45) is 11.7 Å². The number of esters is 1. The fraction of sp³-hybridized carbons (Fsp3) is 0.889. The fourth-order valence-electron chi connectivity index (χ4n) is 1.41. The van der Waals surface area contributed by atoms with Gasteiger partial charge in [0.1, 0.15) is 0 Å². The van der Waals surface area contributed by atoms with E-state index in [-0.39, 0.29) is 11.5 Å². The molecule has 1 saturated carbocycles. The minimum Gasteiger partial charge on any atom is -0.466 e. The normalized spacial score (nSPS) is 21.6. The van der Waals surface area contributed by atoms with Crippen LogP contribution in [0.25, 0.3) is 0 Å². The molecule has 1 unspecified atom stereocenters. The van der Waals surface area contributed by atoms with E-state index in [1.807, 2.05) is 13.8 Å². The second-order valence-electron chi connectivity index (χ2n) is 3.76. The summed E-state index contributed by atoms with van der Waals surface area (Å²) < 4.78 is 4.84. The van der Waals surface area contributed by atoms with Gasteiger partial charge in [-0.05, 0) is 32.6 Å². The van der Waals surface area contributed by atoms with Gasteiger partial charge in [-0.1, -0.05) is 0 Å². The van der Waals surface area contributed by atoms with Gasteiger partial charge in [0.2, 0.25) is 0 Å². The van der Waals surface area contributed by atoms with Crippen molar-refractivity contribution >= 4 is 5.97 Å². The Bertz CT molecular complexity index is 173. The molecule has 0 spiro atoms. The van der Waals surface area contributed by atoms with Crippen LogP contribution in [0.4, 0.5) is 0 Å². The molecule has 0 aromatic carbocycles. The number of ether oxygens (including phenoxy) is 1. The third kappa shape index (κ3) is 2.48. The molecule has 0 radical (unpaired) electrons. The molecule has 0 amide bonds. The van der Waals surface area contributed by atoms with Crippen LogP contribution >= 0.6 is 0 Å². The Kier molecular flexibility index (Phi) is 2.73. The predicted octanol–water partition coefficient (Wildman–Crippen LogP) is 1.07. The quantitative estimate of drug-likeness (QED) is 0.644. The van der Waals surface area contributed by atoms with Crippen LogP contribution in [0.15, 0.2) is 0 Å². The van der Waals surface area contributed by atoms with Crippen LogP contribution < -0.4 is 5.73 Å². The summed E-state index contributed by atoms with van der Waals surface area (Å²) in [5.41, 5.74) is 5.61. The third-order valence-corrected chi connectivity index (χ3v) is 2.34. The second kappa shape index (κ2) is 3.44. The van der Waals surface area contributed by atoms with E-state index in [9.17, 15) is 4.79 Å². The molecule has 70 valence electrons. The van der Waals surface area contributed by atoms with Crippen molar-refractivity contribution in [1.29, 1.82) is 0 Å². The van der Waals surface area contributed by atoms with Crippen LogP contribution in [0.5, 0.6) is 0 Å². The van der Waals surface area contributed by atoms with Crippen LogP contribution in [0.2, 0.25) is 0 Å². The van der Waals surface area contributed by atoms with Crippen LogP contribution in [0.3, 0.4) is 0 Å². The average Bonchev–Trinajstić information content (AvgIpc) is 2.65. The van der Waals surface area contributed by atoms with E-state index in [4.69, 9.17) is 10.5 Å². The van der Waals surface area contributed by atoms with Gasteiger partial charge < -0.3 is 10.5 Å². The number of rotatable bonds is 4. The molecule has 3 nitrogen and oxygen atoms in total. The van der Waals surface area contributed by atoms with Gasteiger partial charge in [0.15, 0.2) is 0 Å². The molecule has 2 N–H and O–H groups in total. The van der Waals surface area contributed by atoms with Crippen LogP contribution in [-0.4, -0.2) is 18.1 Å². The number of hydrogen-bond acceptors (Lipinski definition) is 3. The van der Waals surface area contributed by atoms with E-state index in [1.165, 1.54) is 0 Å². The maximum atomic E-state index is 11.1. The zero-order chi connectivity index (χ0) is 9.19. The summed E-state index contributed by atoms with van der Waals surface area (Å²) in [4.78, 5) is 11.1. The third-order valence-electron chi connectivity index (χ3n) is 2.34. The van der Waals surface area contributed by atoms with Crippen molar-refractivity contribution in [3.8, 4) is 0 Å². The number of nitrogens with two attached hydrogens (primary N) is 1. The SMILES string of the molecule is CCOC(=O)CC(C)(N)C1CC1. The van der Waals surface area contributed by atoms with Gasteiger partial charge in [-0.3, -0.25) is 4.79 Å². The van der Waals surface area contributed by atoms with Crippen LogP contribution in [0.1, 0.15) is 33.1 Å². The Morgan fingerprint density at radius 3 is 2.67 bits per heavy atom. The lowest BCUT2D eigenvalue weighted by Gasteiger charge is -2.22. The molecule has 1 rings (SSSR count). The Hall–Kier alpha value is -0.570. The van der Waals surface area contributed by atoms with Gasteiger partial charge in [-0.2, -0.15) is 0 Å². The van der Waals surface area contributed by atoms with Crippen molar-refractivity contribution in [3.05, 3.63) is 0 Å². The number of carbonyl (C=O) groups is 1. The summed E-state index contributed by atoms with van der Waals surface area (Å²) in [6.07, 6.45) is 2.67. The van der Waals surface area contributed by atoms with Gasteiger partial charge >= 0.3 is 5.97 Å². The first kappa shape index (κ1) is 9.52. The van der Waals surface area contributed by atoms with Crippen molar-refractivity contribution in [2.45, 2.75) is 38.6 Å². The molecule has 1 aliphatic carbocycles. The first-order valence-corrected chi connectivity index (χ1v) is 4.50. The molecule has 0 bridgehead atoms. The summed E-state index contributed by atoms with van der Waals surface area (Å²) in [6, 6.07) is 0. The zero-order valence-electron chi connectivity index (χ0n) is 7.80. The topological polar surface area (TPSA) is 52.3 Å². The summed E-state index contributed by atoms with van der Waals surface area (Å²) >= 11 is 0. The van der Waals surface area contributed by atoms with Crippen molar-refractivity contribution < 1.29 is 9.53 Å². The Balaban J connectivity index is 2.32. The highest BCUT2D eigenvalue weighted by atomic mass is 16.5. The maximum absolute atomic E-state index is 11.1. The lowest BCUT2D eigenvalue weighted by atomic mass is 9.93. The first-order valence-electron chi connectivity index (χ1n) is 4.50. The highest BCUT2D eigenvalue weighted by Crippen LogP contribution is 2.39. The standard InChI is InChI=1S/C9H17NO2/c1-3-12-8(11)6-9(2,10)7-4-5-7/h7H,3-6,10H2,1-2H3. The molecule has 0 aromatic heterocycles. The highest BCUT2D eigenvalue weighted by molar-refractivity contribution is 5.70. The van der Waals surface area contributed by atoms with E-state index in [0.717, 1.165) is 12.8 Å². The van der Waals surface area contributed by atoms with E-state index in [2.05, 4.69) is 0 Å². The number of carbonyl (C=O) groups excluding carboxylic acids is 1. The summed E-state index contributed by atoms with van der Waals surface area (Å²) in [5, 5.41) is 0. The first-order chi connectivity index (χ1) is 5.56. The monoisotopic (exact) mass is 171 g/mol. The van der Waals surface area contributed by atoms with Crippen molar-refractivity contribution in [3.63, 3.8) is 0 Å². The Morgan fingerprint density at radius 2 is 2.25 bits per heavy atom.